The van der Waals surface area contributed by atoms with Crippen LogP contribution in [0.1, 0.15) is 31.2 Å². The predicted molar refractivity (Wildman–Crippen MR) is 97.6 cm³/mol. The fraction of sp³-hybridized carbons (Fsp3) is 0.579. The Balaban J connectivity index is 1.80. The number of carbonyl (C=O) groups excluding carboxylic acids is 2. The minimum atomic E-state index is 0.0159. The highest BCUT2D eigenvalue weighted by Crippen LogP contribution is 2.33. The highest BCUT2D eigenvalue weighted by Gasteiger charge is 2.33. The van der Waals surface area contributed by atoms with Crippen molar-refractivity contribution in [1.29, 1.82) is 0 Å². The first kappa shape index (κ1) is 17.7. The van der Waals surface area contributed by atoms with Crippen LogP contribution < -0.4 is 10.2 Å². The van der Waals surface area contributed by atoms with E-state index in [1.807, 2.05) is 42.1 Å². The van der Waals surface area contributed by atoms with Crippen molar-refractivity contribution in [2.75, 3.05) is 38.0 Å². The summed E-state index contributed by atoms with van der Waals surface area (Å²) in [6.45, 7) is 0.638. The molecule has 2 aliphatic rings. The molecule has 6 heteroatoms. The topological polar surface area (TPSA) is 61.9 Å². The van der Waals surface area contributed by atoms with E-state index in [0.717, 1.165) is 42.6 Å². The van der Waals surface area contributed by atoms with E-state index in [9.17, 15) is 9.59 Å². The number of benzene rings is 1. The van der Waals surface area contributed by atoms with E-state index in [-0.39, 0.29) is 24.3 Å². The molecule has 0 atom stereocenters. The van der Waals surface area contributed by atoms with E-state index < -0.39 is 0 Å². The summed E-state index contributed by atoms with van der Waals surface area (Å²) in [6, 6.07) is 6.23. The monoisotopic (exact) mass is 345 g/mol. The molecule has 0 unspecified atom stereocenters. The Kier molecular flexibility index (Phi) is 5.27. The van der Waals surface area contributed by atoms with Gasteiger partial charge in [-0.25, -0.2) is 0 Å². The lowest BCUT2D eigenvalue weighted by Crippen LogP contribution is -2.35. The Morgan fingerprint density at radius 1 is 1.20 bits per heavy atom. The molecule has 3 rings (SSSR count). The number of ether oxygens (including phenoxy) is 1. The van der Waals surface area contributed by atoms with Gasteiger partial charge in [0.2, 0.25) is 11.8 Å². The molecular formula is C19H27N3O3. The molecule has 0 heterocycles. The smallest absolute Gasteiger partial charge is 0.249 e. The lowest BCUT2D eigenvalue weighted by molar-refractivity contribution is -0.136. The summed E-state index contributed by atoms with van der Waals surface area (Å²) in [4.78, 5) is 28.4. The molecule has 1 N–H and O–H groups in total. The Hall–Kier alpha value is -2.08. The van der Waals surface area contributed by atoms with Crippen LogP contribution in [0.25, 0.3) is 0 Å². The largest absolute Gasteiger partial charge is 0.377 e. The van der Waals surface area contributed by atoms with Gasteiger partial charge in [-0.05, 0) is 49.4 Å². The second-order valence-corrected chi connectivity index (χ2v) is 7.19. The first-order valence-corrected chi connectivity index (χ1v) is 8.89. The van der Waals surface area contributed by atoms with Crippen molar-refractivity contribution in [1.82, 2.24) is 4.90 Å². The zero-order valence-corrected chi connectivity index (χ0v) is 15.2. The van der Waals surface area contributed by atoms with Gasteiger partial charge in [-0.1, -0.05) is 0 Å². The quantitative estimate of drug-likeness (QED) is 0.785. The zero-order chi connectivity index (χ0) is 18.0. The molecule has 0 aromatic heterocycles. The summed E-state index contributed by atoms with van der Waals surface area (Å²) in [5, 5.41) is 3.00. The summed E-state index contributed by atoms with van der Waals surface area (Å²) in [6.07, 6.45) is 4.06. The predicted octanol–water partition coefficient (Wildman–Crippen LogP) is 2.24. The number of methoxy groups -OCH3 is 1. The second kappa shape index (κ2) is 7.44. The highest BCUT2D eigenvalue weighted by atomic mass is 16.5. The van der Waals surface area contributed by atoms with Gasteiger partial charge in [-0.2, -0.15) is 0 Å². The fourth-order valence-corrected chi connectivity index (χ4v) is 3.01. The number of rotatable bonds is 8. The third-order valence-corrected chi connectivity index (χ3v) is 4.69. The Bertz CT molecular complexity index is 651. The average Bonchev–Trinajstić information content (AvgIpc) is 3.46. The molecule has 0 spiro atoms. The maximum Gasteiger partial charge on any atom is 0.249 e. The molecule has 0 aliphatic heterocycles. The molecule has 0 bridgehead atoms. The van der Waals surface area contributed by atoms with Crippen molar-refractivity contribution in [2.24, 2.45) is 5.92 Å². The van der Waals surface area contributed by atoms with E-state index in [1.165, 1.54) is 0 Å². The standard InChI is InChI=1S/C19H27N3O3/c1-21(2)17-9-6-15(20-19(24)13-4-5-13)10-14(17)11-22(16-7-8-16)18(23)12-25-3/h6,9-10,13,16H,4-5,7-8,11-12H2,1-3H3,(H,20,24). The Morgan fingerprint density at radius 3 is 2.48 bits per heavy atom. The van der Waals surface area contributed by atoms with Gasteiger partial charge in [0.25, 0.3) is 0 Å². The number of nitrogens with one attached hydrogen (secondary N) is 1. The summed E-state index contributed by atoms with van der Waals surface area (Å²) >= 11 is 0. The minimum absolute atomic E-state index is 0.0159. The van der Waals surface area contributed by atoms with Gasteiger partial charge < -0.3 is 19.9 Å². The summed E-state index contributed by atoms with van der Waals surface area (Å²) in [7, 11) is 5.52. The third kappa shape index (κ3) is 4.51. The Morgan fingerprint density at radius 2 is 1.92 bits per heavy atom. The lowest BCUT2D eigenvalue weighted by Gasteiger charge is -2.26. The molecule has 2 saturated carbocycles. The number of anilines is 2. The van der Waals surface area contributed by atoms with Crippen LogP contribution in [0.15, 0.2) is 18.2 Å². The molecule has 0 radical (unpaired) electrons. The van der Waals surface area contributed by atoms with Crippen LogP contribution in [0.2, 0.25) is 0 Å². The number of hydrogen-bond donors (Lipinski definition) is 1. The highest BCUT2D eigenvalue weighted by molar-refractivity contribution is 5.94. The van der Waals surface area contributed by atoms with Gasteiger partial charge in [-0.15, -0.1) is 0 Å². The molecule has 25 heavy (non-hydrogen) atoms. The van der Waals surface area contributed by atoms with Crippen LogP contribution in [0.4, 0.5) is 11.4 Å². The van der Waals surface area contributed by atoms with Crippen molar-refractivity contribution >= 4 is 23.2 Å². The minimum Gasteiger partial charge on any atom is -0.377 e. The molecule has 6 nitrogen and oxygen atoms in total. The normalized spacial score (nSPS) is 16.4. The van der Waals surface area contributed by atoms with Gasteiger partial charge >= 0.3 is 0 Å². The number of nitrogens with zero attached hydrogens (tertiary/aromatic N) is 2. The third-order valence-electron chi connectivity index (χ3n) is 4.69. The maximum atomic E-state index is 12.4. The molecule has 2 fully saturated rings. The summed E-state index contributed by atoms with van der Waals surface area (Å²) in [5.41, 5.74) is 2.89. The second-order valence-electron chi connectivity index (χ2n) is 7.19. The van der Waals surface area contributed by atoms with Crippen LogP contribution in [0.5, 0.6) is 0 Å². The van der Waals surface area contributed by atoms with Crippen molar-refractivity contribution < 1.29 is 14.3 Å². The lowest BCUT2D eigenvalue weighted by atomic mass is 10.1. The molecular weight excluding hydrogens is 318 g/mol. The van der Waals surface area contributed by atoms with Gasteiger partial charge in [-0.3, -0.25) is 9.59 Å². The molecule has 1 aromatic carbocycles. The molecule has 0 saturated heterocycles. The molecule has 136 valence electrons. The van der Waals surface area contributed by atoms with Crippen LogP contribution in [-0.2, 0) is 20.9 Å². The van der Waals surface area contributed by atoms with Crippen molar-refractivity contribution in [2.45, 2.75) is 38.3 Å². The van der Waals surface area contributed by atoms with Crippen LogP contribution in [0, 0.1) is 5.92 Å². The van der Waals surface area contributed by atoms with Crippen molar-refractivity contribution in [3.05, 3.63) is 23.8 Å². The number of hydrogen-bond acceptors (Lipinski definition) is 4. The number of amides is 2. The molecule has 1 aromatic rings. The summed E-state index contributed by atoms with van der Waals surface area (Å²) < 4.78 is 5.03. The number of carbonyl (C=O) groups is 2. The molecule has 2 aliphatic carbocycles. The first-order valence-electron chi connectivity index (χ1n) is 8.89. The first-order chi connectivity index (χ1) is 12.0. The van der Waals surface area contributed by atoms with Gasteiger partial charge in [0, 0.05) is 51.1 Å². The van der Waals surface area contributed by atoms with E-state index in [1.54, 1.807) is 7.11 Å². The van der Waals surface area contributed by atoms with E-state index in [0.29, 0.717) is 12.6 Å². The van der Waals surface area contributed by atoms with E-state index >= 15 is 0 Å². The van der Waals surface area contributed by atoms with Crippen LogP contribution in [-0.4, -0.2) is 50.6 Å². The fourth-order valence-electron chi connectivity index (χ4n) is 3.01. The SMILES string of the molecule is COCC(=O)N(Cc1cc(NC(=O)C2CC2)ccc1N(C)C)C1CC1. The van der Waals surface area contributed by atoms with E-state index in [4.69, 9.17) is 4.74 Å². The zero-order valence-electron chi connectivity index (χ0n) is 15.2. The van der Waals surface area contributed by atoms with Gasteiger partial charge in [0.15, 0.2) is 0 Å². The van der Waals surface area contributed by atoms with Crippen molar-refractivity contribution in [3.8, 4) is 0 Å². The maximum absolute atomic E-state index is 12.4. The average molecular weight is 345 g/mol. The van der Waals surface area contributed by atoms with Crippen LogP contribution >= 0.6 is 0 Å². The van der Waals surface area contributed by atoms with Crippen LogP contribution in [0.3, 0.4) is 0 Å². The Labute approximate surface area is 149 Å². The summed E-state index contributed by atoms with van der Waals surface area (Å²) in [5.74, 6) is 0.281. The van der Waals surface area contributed by atoms with Crippen molar-refractivity contribution in [3.63, 3.8) is 0 Å². The van der Waals surface area contributed by atoms with Gasteiger partial charge in [0.05, 0.1) is 0 Å². The molecule has 2 amide bonds. The van der Waals surface area contributed by atoms with Gasteiger partial charge in [0.1, 0.15) is 6.61 Å². The van der Waals surface area contributed by atoms with E-state index in [2.05, 4.69) is 5.32 Å².